The van der Waals surface area contributed by atoms with Gasteiger partial charge in [-0.25, -0.2) is 14.6 Å². The third kappa shape index (κ3) is 3.57. The molecular formula is C26H21N5O4. The first kappa shape index (κ1) is 20.9. The van der Waals surface area contributed by atoms with E-state index in [2.05, 4.69) is 15.1 Å². The van der Waals surface area contributed by atoms with E-state index in [1.165, 1.54) is 6.33 Å². The molecule has 0 saturated carbocycles. The molecule has 1 aliphatic rings. The second kappa shape index (κ2) is 8.28. The molecule has 9 nitrogen and oxygen atoms in total. The molecule has 1 aliphatic heterocycles. The minimum atomic E-state index is -0.159. The number of aryl methyl sites for hydroxylation is 1. The summed E-state index contributed by atoms with van der Waals surface area (Å²) in [6, 6.07) is 17.3. The highest BCUT2D eigenvalue weighted by atomic mass is 16.7. The number of rotatable bonds is 6. The van der Waals surface area contributed by atoms with Crippen molar-refractivity contribution in [1.82, 2.24) is 24.3 Å². The number of benzene rings is 2. The van der Waals surface area contributed by atoms with Gasteiger partial charge in [0.15, 0.2) is 23.8 Å². The maximum Gasteiger partial charge on any atom is 0.231 e. The van der Waals surface area contributed by atoms with Crippen LogP contribution in [0.1, 0.15) is 21.7 Å². The molecule has 0 radical (unpaired) electrons. The summed E-state index contributed by atoms with van der Waals surface area (Å²) in [4.78, 5) is 21.7. The number of carbonyl (C=O) groups excluding carboxylic acids is 1. The number of ether oxygens (including phenoxy) is 3. The van der Waals surface area contributed by atoms with Gasteiger partial charge < -0.3 is 18.8 Å². The summed E-state index contributed by atoms with van der Waals surface area (Å²) in [5, 5.41) is 5.06. The lowest BCUT2D eigenvalue weighted by molar-refractivity contribution is 0.0918. The van der Waals surface area contributed by atoms with E-state index in [0.29, 0.717) is 34.0 Å². The molecule has 0 aliphatic carbocycles. The first-order valence-corrected chi connectivity index (χ1v) is 11.1. The summed E-state index contributed by atoms with van der Waals surface area (Å²) < 4.78 is 20.5. The summed E-state index contributed by atoms with van der Waals surface area (Å²) in [6.07, 6.45) is 3.06. The molecule has 6 rings (SSSR count). The minimum absolute atomic E-state index is 0.146. The minimum Gasteiger partial charge on any atom is -0.469 e. The summed E-state index contributed by atoms with van der Waals surface area (Å²) >= 11 is 0. The molecule has 0 bridgehead atoms. The lowest BCUT2D eigenvalue weighted by Crippen LogP contribution is -2.13. The quantitative estimate of drug-likeness (QED) is 0.345. The first-order valence-electron chi connectivity index (χ1n) is 11.1. The highest BCUT2D eigenvalue weighted by Crippen LogP contribution is 2.35. The van der Waals surface area contributed by atoms with E-state index in [0.717, 1.165) is 22.8 Å². The van der Waals surface area contributed by atoms with Gasteiger partial charge in [-0.15, -0.1) is 0 Å². The summed E-state index contributed by atoms with van der Waals surface area (Å²) in [5.41, 5.74) is 4.72. The highest BCUT2D eigenvalue weighted by Gasteiger charge is 2.21. The monoisotopic (exact) mass is 467 g/mol. The molecule has 174 valence electrons. The van der Waals surface area contributed by atoms with Crippen LogP contribution in [0.2, 0.25) is 0 Å². The highest BCUT2D eigenvalue weighted by molar-refractivity contribution is 5.99. The van der Waals surface area contributed by atoms with Crippen molar-refractivity contribution >= 4 is 16.8 Å². The van der Waals surface area contributed by atoms with E-state index >= 15 is 0 Å². The van der Waals surface area contributed by atoms with Crippen molar-refractivity contribution in [2.45, 2.75) is 13.8 Å². The van der Waals surface area contributed by atoms with E-state index in [1.807, 2.05) is 73.0 Å². The molecule has 9 heteroatoms. The van der Waals surface area contributed by atoms with Gasteiger partial charge in [-0.1, -0.05) is 18.2 Å². The summed E-state index contributed by atoms with van der Waals surface area (Å²) in [5.74, 6) is 1.57. The zero-order valence-corrected chi connectivity index (χ0v) is 19.1. The van der Waals surface area contributed by atoms with Crippen molar-refractivity contribution in [2.75, 3.05) is 13.4 Å². The largest absolute Gasteiger partial charge is 0.469 e. The first-order chi connectivity index (χ1) is 17.1. The van der Waals surface area contributed by atoms with Crippen LogP contribution in [0.25, 0.3) is 22.4 Å². The molecule has 4 heterocycles. The lowest BCUT2D eigenvalue weighted by Gasteiger charge is -2.11. The number of aromatic nitrogens is 5. The van der Waals surface area contributed by atoms with Crippen molar-refractivity contribution in [3.63, 3.8) is 0 Å². The van der Waals surface area contributed by atoms with Crippen LogP contribution in [0.3, 0.4) is 0 Å². The number of carbonyl (C=O) groups is 1. The number of hydrogen-bond acceptors (Lipinski definition) is 7. The molecule has 3 aromatic heterocycles. The zero-order chi connectivity index (χ0) is 23.9. The Morgan fingerprint density at radius 1 is 1.00 bits per heavy atom. The van der Waals surface area contributed by atoms with Crippen LogP contribution in [0, 0.1) is 13.8 Å². The second-order valence-electron chi connectivity index (χ2n) is 8.18. The van der Waals surface area contributed by atoms with Gasteiger partial charge in [0, 0.05) is 28.7 Å². The van der Waals surface area contributed by atoms with Crippen LogP contribution in [0.15, 0.2) is 67.1 Å². The van der Waals surface area contributed by atoms with Gasteiger partial charge in [0.05, 0.1) is 11.9 Å². The predicted molar refractivity (Wildman–Crippen MR) is 128 cm³/mol. The van der Waals surface area contributed by atoms with Gasteiger partial charge in [-0.3, -0.25) is 4.79 Å². The molecule has 2 aromatic carbocycles. The van der Waals surface area contributed by atoms with Crippen molar-refractivity contribution in [3.05, 3.63) is 84.1 Å². The van der Waals surface area contributed by atoms with Crippen LogP contribution < -0.4 is 14.2 Å². The summed E-state index contributed by atoms with van der Waals surface area (Å²) in [7, 11) is 0. The Labute approximate surface area is 200 Å². The van der Waals surface area contributed by atoms with Gasteiger partial charge in [-0.05, 0) is 44.2 Å². The average Bonchev–Trinajstić information content (AvgIpc) is 3.60. The Morgan fingerprint density at radius 2 is 1.83 bits per heavy atom. The zero-order valence-electron chi connectivity index (χ0n) is 19.1. The number of hydrogen-bond donors (Lipinski definition) is 0. The third-order valence-corrected chi connectivity index (χ3v) is 6.02. The van der Waals surface area contributed by atoms with Crippen molar-refractivity contribution in [2.24, 2.45) is 0 Å². The van der Waals surface area contributed by atoms with Crippen molar-refractivity contribution < 1.29 is 19.0 Å². The van der Waals surface area contributed by atoms with E-state index in [1.54, 1.807) is 10.9 Å². The Morgan fingerprint density at radius 3 is 2.69 bits per heavy atom. The molecule has 35 heavy (non-hydrogen) atoms. The molecule has 0 spiro atoms. The number of para-hydroxylation sites is 1. The maximum absolute atomic E-state index is 13.1. The van der Waals surface area contributed by atoms with Crippen LogP contribution in [-0.4, -0.2) is 43.5 Å². The van der Waals surface area contributed by atoms with Crippen molar-refractivity contribution in [3.8, 4) is 28.8 Å². The molecular weight excluding hydrogens is 446 g/mol. The predicted octanol–water partition coefficient (Wildman–Crippen LogP) is 4.21. The maximum atomic E-state index is 13.1. The Hall–Kier alpha value is -4.66. The molecule has 0 atom stereocenters. The molecule has 0 unspecified atom stereocenters. The lowest BCUT2D eigenvalue weighted by atomic mass is 10.1. The Bertz CT molecular complexity index is 1570. The van der Waals surface area contributed by atoms with E-state index in [9.17, 15) is 4.79 Å². The van der Waals surface area contributed by atoms with Crippen LogP contribution in [-0.2, 0) is 0 Å². The molecule has 0 saturated heterocycles. The molecule has 0 amide bonds. The molecule has 0 fully saturated rings. The van der Waals surface area contributed by atoms with Gasteiger partial charge in [-0.2, -0.15) is 5.10 Å². The van der Waals surface area contributed by atoms with Crippen molar-refractivity contribution in [1.29, 1.82) is 0 Å². The summed E-state index contributed by atoms with van der Waals surface area (Å²) in [6.45, 7) is 3.93. The van der Waals surface area contributed by atoms with Crippen LogP contribution in [0.4, 0.5) is 0 Å². The number of nitrogens with zero attached hydrogens (tertiary/aromatic N) is 5. The Kier molecular flexibility index (Phi) is 4.95. The third-order valence-electron chi connectivity index (χ3n) is 6.02. The molecule has 0 N–H and O–H groups in total. The number of Topliss-reactive ketones (excluding diaryl/α,β-unsaturated/α-hetero) is 1. The van der Waals surface area contributed by atoms with E-state index in [-0.39, 0.29) is 19.2 Å². The molecule has 5 aromatic rings. The Balaban J connectivity index is 1.25. The number of fused-ring (bicyclic) bond motifs is 2. The smallest absolute Gasteiger partial charge is 0.231 e. The van der Waals surface area contributed by atoms with E-state index in [4.69, 9.17) is 14.2 Å². The van der Waals surface area contributed by atoms with Crippen LogP contribution in [0.5, 0.6) is 17.4 Å². The SMILES string of the molecule is Cc1cc(C(=O)COc2ncnc3c2cnn3-c2ccccc2)c(C)n1-c1ccc2c(c1)OCO2. The second-order valence-corrected chi connectivity index (χ2v) is 8.18. The fourth-order valence-electron chi connectivity index (χ4n) is 4.37. The standard InChI is InChI=1S/C26H21N5O4/c1-16-10-20(17(2)30(16)19-8-9-23-24(11-19)35-15-34-23)22(32)13-33-26-21-12-29-31(25(21)27-14-28-26)18-6-4-3-5-7-18/h3-12,14H,13,15H2,1-2H3. The average molecular weight is 467 g/mol. The van der Waals surface area contributed by atoms with Gasteiger partial charge >= 0.3 is 0 Å². The fourth-order valence-corrected chi connectivity index (χ4v) is 4.37. The topological polar surface area (TPSA) is 93.3 Å². The van der Waals surface area contributed by atoms with E-state index < -0.39 is 0 Å². The van der Waals surface area contributed by atoms with Gasteiger partial charge in [0.2, 0.25) is 18.5 Å². The fraction of sp³-hybridized carbons (Fsp3) is 0.154. The number of ketones is 1. The van der Waals surface area contributed by atoms with Gasteiger partial charge in [0.25, 0.3) is 0 Å². The van der Waals surface area contributed by atoms with Gasteiger partial charge in [0.1, 0.15) is 11.7 Å². The normalized spacial score (nSPS) is 12.3. The van der Waals surface area contributed by atoms with Crippen LogP contribution >= 0.6 is 0 Å².